The summed E-state index contributed by atoms with van der Waals surface area (Å²) in [6.07, 6.45) is 4.84. The standard InChI is InChI=1S/C37H35FN2O2S2/c1-4-6-7-24(5-2)23-42-29-15-10-26(11-16-29)34-20-21-35(43-34)32-19-18-31(36-37(32)40-44-39-36)30-17-12-27(22-33(30)38)25-8-13-28(41-3)14-9-25/h8-22,24H,4-7,23H2,1-3H3. The summed E-state index contributed by atoms with van der Waals surface area (Å²) < 4.78 is 36.1. The highest BCUT2D eigenvalue weighted by Crippen LogP contribution is 2.41. The second-order valence-electron chi connectivity index (χ2n) is 11.0. The van der Waals surface area contributed by atoms with Crippen molar-refractivity contribution in [1.82, 2.24) is 8.75 Å². The van der Waals surface area contributed by atoms with E-state index in [0.717, 1.165) is 74.5 Å². The first-order valence-corrected chi connectivity index (χ1v) is 16.7. The molecule has 6 rings (SSSR count). The quantitative estimate of drug-likeness (QED) is 0.136. The Kier molecular flexibility index (Phi) is 9.34. The van der Waals surface area contributed by atoms with Crippen LogP contribution in [0.5, 0.6) is 11.5 Å². The van der Waals surface area contributed by atoms with Gasteiger partial charge in [0.15, 0.2) is 0 Å². The summed E-state index contributed by atoms with van der Waals surface area (Å²) in [5.41, 5.74) is 6.63. The van der Waals surface area contributed by atoms with E-state index < -0.39 is 0 Å². The molecule has 0 aliphatic carbocycles. The fourth-order valence-corrected chi connectivity index (χ4v) is 7.06. The van der Waals surface area contributed by atoms with E-state index in [4.69, 9.17) is 9.47 Å². The van der Waals surface area contributed by atoms with Crippen molar-refractivity contribution in [3.63, 3.8) is 0 Å². The van der Waals surface area contributed by atoms with Crippen molar-refractivity contribution < 1.29 is 13.9 Å². The molecule has 0 spiro atoms. The summed E-state index contributed by atoms with van der Waals surface area (Å²) in [6, 6.07) is 29.6. The zero-order valence-electron chi connectivity index (χ0n) is 25.2. The number of hydrogen-bond donors (Lipinski definition) is 0. The maximum Gasteiger partial charge on any atom is 0.131 e. The molecule has 4 aromatic carbocycles. The fraction of sp³-hybridized carbons (Fsp3) is 0.243. The van der Waals surface area contributed by atoms with Crippen molar-refractivity contribution in [1.29, 1.82) is 0 Å². The van der Waals surface area contributed by atoms with E-state index in [2.05, 4.69) is 59.0 Å². The lowest BCUT2D eigenvalue weighted by Crippen LogP contribution is -2.11. The Balaban J connectivity index is 1.21. The van der Waals surface area contributed by atoms with Crippen LogP contribution in [0.4, 0.5) is 4.39 Å². The molecule has 2 aromatic heterocycles. The number of thiophene rings is 1. The van der Waals surface area contributed by atoms with Crippen LogP contribution in [0.1, 0.15) is 39.5 Å². The highest BCUT2D eigenvalue weighted by Gasteiger charge is 2.18. The molecule has 1 atom stereocenters. The zero-order valence-corrected chi connectivity index (χ0v) is 26.8. The van der Waals surface area contributed by atoms with Crippen molar-refractivity contribution in [3.05, 3.63) is 96.8 Å². The number of aromatic nitrogens is 2. The number of nitrogens with zero attached hydrogens (tertiary/aromatic N) is 2. The minimum atomic E-state index is -0.294. The molecule has 4 nitrogen and oxygen atoms in total. The Bertz CT molecular complexity index is 1840. The maximum absolute atomic E-state index is 15.5. The molecule has 0 saturated heterocycles. The third kappa shape index (κ3) is 6.40. The van der Waals surface area contributed by atoms with E-state index in [9.17, 15) is 0 Å². The summed E-state index contributed by atoms with van der Waals surface area (Å²) >= 11 is 2.87. The Morgan fingerprint density at radius 3 is 2.05 bits per heavy atom. The fourth-order valence-electron chi connectivity index (χ4n) is 5.44. The normalized spacial score (nSPS) is 12.0. The molecule has 2 heterocycles. The predicted octanol–water partition coefficient (Wildman–Crippen LogP) is 11.2. The summed E-state index contributed by atoms with van der Waals surface area (Å²) in [5, 5.41) is 0. The number of ether oxygens (including phenoxy) is 2. The smallest absolute Gasteiger partial charge is 0.131 e. The van der Waals surface area contributed by atoms with Crippen LogP contribution < -0.4 is 9.47 Å². The summed E-state index contributed by atoms with van der Waals surface area (Å²) in [6.45, 7) is 5.24. The Hall–Kier alpha value is -4.07. The molecule has 7 heteroatoms. The van der Waals surface area contributed by atoms with Gasteiger partial charge in [0.1, 0.15) is 28.3 Å². The second-order valence-corrected chi connectivity index (χ2v) is 12.6. The molecular formula is C37H35FN2O2S2. The number of unbranched alkanes of at least 4 members (excludes halogenated alkanes) is 1. The number of methoxy groups -OCH3 is 1. The molecular weight excluding hydrogens is 588 g/mol. The van der Waals surface area contributed by atoms with Crippen LogP contribution in [0.3, 0.4) is 0 Å². The molecule has 1 unspecified atom stereocenters. The number of halogens is 1. The molecule has 0 N–H and O–H groups in total. The van der Waals surface area contributed by atoms with Crippen molar-refractivity contribution in [2.75, 3.05) is 13.7 Å². The lowest BCUT2D eigenvalue weighted by atomic mass is 9.97. The highest BCUT2D eigenvalue weighted by atomic mass is 32.1. The largest absolute Gasteiger partial charge is 0.497 e. The summed E-state index contributed by atoms with van der Waals surface area (Å²) in [4.78, 5) is 2.27. The third-order valence-corrected chi connectivity index (χ3v) is 9.83. The van der Waals surface area contributed by atoms with E-state index >= 15 is 4.39 Å². The summed E-state index contributed by atoms with van der Waals surface area (Å²) in [7, 11) is 1.63. The van der Waals surface area contributed by atoms with E-state index in [-0.39, 0.29) is 5.82 Å². The van der Waals surface area contributed by atoms with Crippen LogP contribution in [0.2, 0.25) is 0 Å². The lowest BCUT2D eigenvalue weighted by Gasteiger charge is -2.15. The van der Waals surface area contributed by atoms with Gasteiger partial charge in [0.05, 0.1) is 25.4 Å². The van der Waals surface area contributed by atoms with Gasteiger partial charge in [0.2, 0.25) is 0 Å². The number of fused-ring (bicyclic) bond motifs is 1. The average molecular weight is 623 g/mol. The van der Waals surface area contributed by atoms with E-state index in [1.54, 1.807) is 24.5 Å². The second kappa shape index (κ2) is 13.7. The van der Waals surface area contributed by atoms with Gasteiger partial charge in [-0.25, -0.2) is 4.39 Å². The van der Waals surface area contributed by atoms with Crippen LogP contribution in [0, 0.1) is 11.7 Å². The van der Waals surface area contributed by atoms with Gasteiger partial charge < -0.3 is 9.47 Å². The highest BCUT2D eigenvalue weighted by molar-refractivity contribution is 7.19. The van der Waals surface area contributed by atoms with Crippen LogP contribution in [-0.4, -0.2) is 22.5 Å². The van der Waals surface area contributed by atoms with Gasteiger partial charge in [-0.2, -0.15) is 8.75 Å². The minimum Gasteiger partial charge on any atom is -0.497 e. The maximum atomic E-state index is 15.5. The SMILES string of the molecule is CCCCC(CC)COc1ccc(-c2ccc(-c3ccc(-c4ccc(-c5ccc(OC)cc5)cc4F)c4nsnc34)s2)cc1. The van der Waals surface area contributed by atoms with E-state index in [1.165, 1.54) is 24.1 Å². The first-order chi connectivity index (χ1) is 21.6. The van der Waals surface area contributed by atoms with Gasteiger partial charge in [0.25, 0.3) is 0 Å². The lowest BCUT2D eigenvalue weighted by molar-refractivity contribution is 0.233. The molecule has 0 aliphatic heterocycles. The van der Waals surface area contributed by atoms with Crippen LogP contribution in [0.25, 0.3) is 54.2 Å². The van der Waals surface area contributed by atoms with Gasteiger partial charge >= 0.3 is 0 Å². The molecule has 0 amide bonds. The van der Waals surface area contributed by atoms with Gasteiger partial charge in [-0.3, -0.25) is 0 Å². The van der Waals surface area contributed by atoms with E-state index in [1.807, 2.05) is 48.5 Å². The van der Waals surface area contributed by atoms with Crippen molar-refractivity contribution in [3.8, 4) is 54.6 Å². The van der Waals surface area contributed by atoms with Crippen LogP contribution in [-0.2, 0) is 0 Å². The van der Waals surface area contributed by atoms with Crippen LogP contribution >= 0.6 is 23.1 Å². The first-order valence-electron chi connectivity index (χ1n) is 15.1. The molecule has 0 saturated carbocycles. The first kappa shape index (κ1) is 30.0. The van der Waals surface area contributed by atoms with Crippen molar-refractivity contribution >= 4 is 34.1 Å². The predicted molar refractivity (Wildman–Crippen MR) is 182 cm³/mol. The molecule has 0 fully saturated rings. The third-order valence-electron chi connectivity index (χ3n) is 8.14. The van der Waals surface area contributed by atoms with Gasteiger partial charge in [-0.1, -0.05) is 69.5 Å². The average Bonchev–Trinajstić information content (AvgIpc) is 3.76. The van der Waals surface area contributed by atoms with Gasteiger partial charge in [-0.15, -0.1) is 11.3 Å². The molecule has 224 valence electrons. The van der Waals surface area contributed by atoms with Crippen molar-refractivity contribution in [2.24, 2.45) is 5.92 Å². The van der Waals surface area contributed by atoms with Gasteiger partial charge in [-0.05, 0) is 83.6 Å². The minimum absolute atomic E-state index is 0.294. The van der Waals surface area contributed by atoms with Crippen LogP contribution in [0.15, 0.2) is 91.0 Å². The Morgan fingerprint density at radius 2 is 1.34 bits per heavy atom. The van der Waals surface area contributed by atoms with Gasteiger partial charge in [0, 0.05) is 26.4 Å². The van der Waals surface area contributed by atoms with Crippen molar-refractivity contribution in [2.45, 2.75) is 39.5 Å². The molecule has 6 aromatic rings. The number of hydrogen-bond acceptors (Lipinski definition) is 6. The molecule has 0 aliphatic rings. The molecule has 0 radical (unpaired) electrons. The Morgan fingerprint density at radius 1 is 0.705 bits per heavy atom. The monoisotopic (exact) mass is 622 g/mol. The Labute approximate surface area is 266 Å². The number of rotatable bonds is 12. The summed E-state index contributed by atoms with van der Waals surface area (Å²) in [5.74, 6) is 1.99. The number of benzene rings is 4. The van der Waals surface area contributed by atoms with E-state index in [0.29, 0.717) is 17.0 Å². The molecule has 44 heavy (non-hydrogen) atoms. The molecule has 0 bridgehead atoms. The topological polar surface area (TPSA) is 44.2 Å². The zero-order chi connectivity index (χ0) is 30.5.